The fourth-order valence-corrected chi connectivity index (χ4v) is 4.42. The molecule has 0 saturated carbocycles. The maximum atomic E-state index is 13.0. The fraction of sp³-hybridized carbons (Fsp3) is 0.238. The number of carbonyl (C=O) groups is 2. The number of hydrogen-bond acceptors (Lipinski definition) is 6. The lowest BCUT2D eigenvalue weighted by Crippen LogP contribution is -2.45. The predicted octanol–water partition coefficient (Wildman–Crippen LogP) is 3.98. The van der Waals surface area contributed by atoms with E-state index in [1.54, 1.807) is 18.2 Å². The number of amides is 3. The van der Waals surface area contributed by atoms with Crippen LogP contribution in [0.2, 0.25) is 5.02 Å². The van der Waals surface area contributed by atoms with Crippen molar-refractivity contribution in [1.82, 2.24) is 20.6 Å². The largest absolute Gasteiger partial charge is 0.347 e. The fourth-order valence-electron chi connectivity index (χ4n) is 3.27. The molecule has 1 fully saturated rings. The van der Waals surface area contributed by atoms with Crippen LogP contribution in [0.15, 0.2) is 48.9 Å². The van der Waals surface area contributed by atoms with Gasteiger partial charge in [0.05, 0.1) is 11.9 Å². The molecule has 160 valence electrons. The van der Waals surface area contributed by atoms with Crippen molar-refractivity contribution >= 4 is 46.4 Å². The molecule has 8 nitrogen and oxygen atoms in total. The van der Waals surface area contributed by atoms with Crippen LogP contribution in [0.3, 0.4) is 0 Å². The normalized spacial score (nSPS) is 15.8. The molecule has 4 rings (SSSR count). The standard InChI is InChI=1S/C21H21ClN6O2S/c22-14-5-3-13(4-6-14)17-10-16(27-21(30)28-18-12-24-8-9-25-18)19(31-17)20(29)26-15-2-1-7-23-11-15/h3-6,8-10,12,15,23H,1-2,7,11H2,(H,26,29)(H2,25,27,28,30)/t15-/m0/s1. The molecule has 0 unspecified atom stereocenters. The highest BCUT2D eigenvalue weighted by Crippen LogP contribution is 2.35. The lowest BCUT2D eigenvalue weighted by atomic mass is 10.1. The van der Waals surface area contributed by atoms with Crippen molar-refractivity contribution in [3.05, 3.63) is 58.8 Å². The second-order valence-corrected chi connectivity index (χ2v) is 8.54. The third-order valence-corrected chi connectivity index (χ3v) is 6.19. The van der Waals surface area contributed by atoms with Gasteiger partial charge in [-0.3, -0.25) is 15.1 Å². The molecule has 1 aliphatic heterocycles. The molecule has 10 heteroatoms. The van der Waals surface area contributed by atoms with E-state index in [0.717, 1.165) is 36.4 Å². The topological polar surface area (TPSA) is 108 Å². The Labute approximate surface area is 188 Å². The molecule has 4 N–H and O–H groups in total. The molecule has 1 aliphatic rings. The SMILES string of the molecule is O=C(Nc1cnccn1)Nc1cc(-c2ccc(Cl)cc2)sc1C(=O)N[C@H]1CCCNC1. The zero-order valence-electron chi connectivity index (χ0n) is 16.5. The van der Waals surface area contributed by atoms with E-state index in [1.165, 1.54) is 29.9 Å². The first-order valence-corrected chi connectivity index (χ1v) is 11.0. The first-order chi connectivity index (χ1) is 15.1. The molecule has 0 bridgehead atoms. The molecule has 3 heterocycles. The first-order valence-electron chi connectivity index (χ1n) is 9.84. The van der Waals surface area contributed by atoms with Crippen LogP contribution < -0.4 is 21.3 Å². The minimum absolute atomic E-state index is 0.0589. The monoisotopic (exact) mass is 456 g/mol. The van der Waals surface area contributed by atoms with Crippen LogP contribution in [-0.2, 0) is 0 Å². The number of thiophene rings is 1. The average Bonchev–Trinajstić information content (AvgIpc) is 3.19. The van der Waals surface area contributed by atoms with Gasteiger partial charge in [0.1, 0.15) is 4.88 Å². The van der Waals surface area contributed by atoms with Gasteiger partial charge in [-0.05, 0) is 43.1 Å². The van der Waals surface area contributed by atoms with E-state index in [-0.39, 0.29) is 11.9 Å². The summed E-state index contributed by atoms with van der Waals surface area (Å²) >= 11 is 7.31. The number of urea groups is 1. The van der Waals surface area contributed by atoms with Gasteiger partial charge < -0.3 is 16.0 Å². The minimum Gasteiger partial charge on any atom is -0.347 e. The molecule has 0 radical (unpaired) electrons. The predicted molar refractivity (Wildman–Crippen MR) is 123 cm³/mol. The van der Waals surface area contributed by atoms with Crippen LogP contribution in [0.25, 0.3) is 10.4 Å². The van der Waals surface area contributed by atoms with Gasteiger partial charge in [-0.15, -0.1) is 11.3 Å². The third-order valence-electron chi connectivity index (χ3n) is 4.75. The molecule has 1 atom stereocenters. The average molecular weight is 457 g/mol. The number of rotatable bonds is 5. The van der Waals surface area contributed by atoms with E-state index in [9.17, 15) is 9.59 Å². The van der Waals surface area contributed by atoms with Crippen molar-refractivity contribution in [3.63, 3.8) is 0 Å². The number of anilines is 2. The molecule has 1 aromatic carbocycles. The van der Waals surface area contributed by atoms with Gasteiger partial charge in [0.2, 0.25) is 0 Å². The van der Waals surface area contributed by atoms with E-state index in [0.29, 0.717) is 21.4 Å². The van der Waals surface area contributed by atoms with Gasteiger partial charge in [-0.2, -0.15) is 0 Å². The number of halogens is 1. The highest BCUT2D eigenvalue weighted by molar-refractivity contribution is 7.18. The molecule has 0 aliphatic carbocycles. The summed E-state index contributed by atoms with van der Waals surface area (Å²) in [6, 6.07) is 8.68. The number of benzene rings is 1. The highest BCUT2D eigenvalue weighted by Gasteiger charge is 2.22. The molecule has 3 aromatic rings. The van der Waals surface area contributed by atoms with Crippen molar-refractivity contribution in [2.75, 3.05) is 23.7 Å². The van der Waals surface area contributed by atoms with Gasteiger partial charge in [0.25, 0.3) is 5.91 Å². The summed E-state index contributed by atoms with van der Waals surface area (Å²) < 4.78 is 0. The number of hydrogen-bond donors (Lipinski definition) is 4. The molecule has 0 spiro atoms. The summed E-state index contributed by atoms with van der Waals surface area (Å²) in [5.74, 6) is 0.0983. The quantitative estimate of drug-likeness (QED) is 0.464. The summed E-state index contributed by atoms with van der Waals surface area (Å²) in [5, 5.41) is 12.4. The summed E-state index contributed by atoms with van der Waals surface area (Å²) in [4.78, 5) is 34.8. The van der Waals surface area contributed by atoms with Crippen LogP contribution in [0.1, 0.15) is 22.5 Å². The van der Waals surface area contributed by atoms with Gasteiger partial charge in [-0.1, -0.05) is 23.7 Å². The van der Waals surface area contributed by atoms with Crippen molar-refractivity contribution < 1.29 is 9.59 Å². The van der Waals surface area contributed by atoms with Gasteiger partial charge in [-0.25, -0.2) is 9.78 Å². The van der Waals surface area contributed by atoms with E-state index in [4.69, 9.17) is 11.6 Å². The van der Waals surface area contributed by atoms with Crippen molar-refractivity contribution in [2.45, 2.75) is 18.9 Å². The Hall–Kier alpha value is -3.01. The Morgan fingerprint density at radius 3 is 2.71 bits per heavy atom. The van der Waals surface area contributed by atoms with Crippen LogP contribution in [0.4, 0.5) is 16.3 Å². The molecule has 31 heavy (non-hydrogen) atoms. The van der Waals surface area contributed by atoms with E-state index in [1.807, 2.05) is 12.1 Å². The van der Waals surface area contributed by atoms with E-state index in [2.05, 4.69) is 31.2 Å². The zero-order chi connectivity index (χ0) is 21.6. The van der Waals surface area contributed by atoms with Crippen LogP contribution in [0, 0.1) is 0 Å². The van der Waals surface area contributed by atoms with Gasteiger partial charge in [0, 0.05) is 34.9 Å². The van der Waals surface area contributed by atoms with Crippen LogP contribution >= 0.6 is 22.9 Å². The Morgan fingerprint density at radius 1 is 1.16 bits per heavy atom. The number of nitrogens with zero attached hydrogens (tertiary/aromatic N) is 2. The molecular weight excluding hydrogens is 436 g/mol. The first kappa shape index (κ1) is 21.2. The summed E-state index contributed by atoms with van der Waals surface area (Å²) in [6.45, 7) is 1.69. The van der Waals surface area contributed by atoms with Crippen molar-refractivity contribution in [3.8, 4) is 10.4 Å². The smallest absolute Gasteiger partial charge is 0.324 e. The van der Waals surface area contributed by atoms with Crippen molar-refractivity contribution in [1.29, 1.82) is 0 Å². The number of carbonyl (C=O) groups excluding carboxylic acids is 2. The summed E-state index contributed by atoms with van der Waals surface area (Å²) in [7, 11) is 0. The second kappa shape index (κ2) is 9.86. The highest BCUT2D eigenvalue weighted by atomic mass is 35.5. The number of piperidine rings is 1. The van der Waals surface area contributed by atoms with E-state index < -0.39 is 6.03 Å². The molecule has 1 saturated heterocycles. The van der Waals surface area contributed by atoms with E-state index >= 15 is 0 Å². The molecular formula is C21H21ClN6O2S. The van der Waals surface area contributed by atoms with Gasteiger partial charge in [0.15, 0.2) is 5.82 Å². The Bertz CT molecular complexity index is 1050. The maximum Gasteiger partial charge on any atom is 0.324 e. The lowest BCUT2D eigenvalue weighted by molar-refractivity contribution is 0.0935. The van der Waals surface area contributed by atoms with Gasteiger partial charge >= 0.3 is 6.03 Å². The third kappa shape index (κ3) is 5.57. The molecule has 2 aromatic heterocycles. The maximum absolute atomic E-state index is 13.0. The zero-order valence-corrected chi connectivity index (χ0v) is 18.1. The number of nitrogens with one attached hydrogen (secondary N) is 4. The lowest BCUT2D eigenvalue weighted by Gasteiger charge is -2.23. The second-order valence-electron chi connectivity index (χ2n) is 7.05. The molecule has 3 amide bonds. The Balaban J connectivity index is 1.57. The minimum atomic E-state index is -0.505. The number of aromatic nitrogens is 2. The Morgan fingerprint density at radius 2 is 2.00 bits per heavy atom. The summed E-state index contributed by atoms with van der Waals surface area (Å²) in [6.07, 6.45) is 6.37. The van der Waals surface area contributed by atoms with Crippen molar-refractivity contribution in [2.24, 2.45) is 0 Å². The summed E-state index contributed by atoms with van der Waals surface area (Å²) in [5.41, 5.74) is 1.34. The van der Waals surface area contributed by atoms with Crippen LogP contribution in [0.5, 0.6) is 0 Å². The van der Waals surface area contributed by atoms with Crippen LogP contribution in [-0.4, -0.2) is 41.0 Å². The Kier molecular flexibility index (Phi) is 6.76.